The molecule has 1 aromatic heterocycles. The molecule has 0 saturated carbocycles. The minimum Gasteiger partial charge on any atom is -0.495 e. The molecule has 4 aromatic rings. The van der Waals surface area contributed by atoms with Crippen LogP contribution in [0.1, 0.15) is 39.9 Å². The molecule has 1 aliphatic rings. The molecule has 0 spiro atoms. The molecule has 1 fully saturated rings. The summed E-state index contributed by atoms with van der Waals surface area (Å²) in [5, 5.41) is 8.69. The van der Waals surface area contributed by atoms with Gasteiger partial charge in [-0.1, -0.05) is 30.3 Å². The summed E-state index contributed by atoms with van der Waals surface area (Å²) in [5.41, 5.74) is 2.28. The number of piperidine rings is 1. The predicted octanol–water partition coefficient (Wildman–Crippen LogP) is 5.96. The first-order valence-electron chi connectivity index (χ1n) is 15.5. The van der Waals surface area contributed by atoms with Crippen molar-refractivity contribution in [2.24, 2.45) is 0 Å². The topological polar surface area (TPSA) is 129 Å². The zero-order valence-electron chi connectivity index (χ0n) is 27.5. The molecule has 260 valence electrons. The first kappa shape index (κ1) is 35.3. The highest BCUT2D eigenvalue weighted by Crippen LogP contribution is 2.36. The molecular weight excluding hydrogens is 659 g/mol. The number of ether oxygens (including phenoxy) is 1. The van der Waals surface area contributed by atoms with Crippen LogP contribution in [0.4, 0.5) is 42.0 Å². The summed E-state index contributed by atoms with van der Waals surface area (Å²) in [5.74, 6) is -0.671. The van der Waals surface area contributed by atoms with Crippen LogP contribution in [0.3, 0.4) is 0 Å². The molecule has 2 heterocycles. The Morgan fingerprint density at radius 3 is 2.43 bits per heavy atom. The molecule has 0 atom stereocenters. The lowest BCUT2D eigenvalue weighted by Crippen LogP contribution is -2.44. The molecule has 3 aromatic carbocycles. The molecule has 11 nitrogen and oxygen atoms in total. The third-order valence-corrected chi connectivity index (χ3v) is 9.47. The highest BCUT2D eigenvalue weighted by Gasteiger charge is 2.35. The number of halogens is 3. The lowest BCUT2D eigenvalue weighted by Gasteiger charge is -2.34. The molecule has 0 unspecified atom stereocenters. The largest absolute Gasteiger partial charge is 0.495 e. The number of alkyl halides is 3. The summed E-state index contributed by atoms with van der Waals surface area (Å²) >= 11 is 0. The van der Waals surface area contributed by atoms with Gasteiger partial charge >= 0.3 is 6.18 Å². The van der Waals surface area contributed by atoms with Gasteiger partial charge in [-0.25, -0.2) is 13.4 Å². The van der Waals surface area contributed by atoms with E-state index in [0.717, 1.165) is 47.7 Å². The van der Waals surface area contributed by atoms with E-state index in [1.54, 1.807) is 37.3 Å². The van der Waals surface area contributed by atoms with Crippen LogP contribution in [0.2, 0.25) is 0 Å². The lowest BCUT2D eigenvalue weighted by atomic mass is 10.0. The number of carbonyl (C=O) groups is 1. The summed E-state index contributed by atoms with van der Waals surface area (Å²) in [7, 11) is -0.848. The minimum absolute atomic E-state index is 0.00508. The van der Waals surface area contributed by atoms with Gasteiger partial charge in [0.15, 0.2) is 0 Å². The number of para-hydroxylation sites is 1. The predicted molar refractivity (Wildman–Crippen MR) is 184 cm³/mol. The van der Waals surface area contributed by atoms with Gasteiger partial charge in [0, 0.05) is 50.2 Å². The van der Waals surface area contributed by atoms with Gasteiger partial charge in [-0.15, -0.1) is 0 Å². The Balaban J connectivity index is 1.30. The second-order valence-electron chi connectivity index (χ2n) is 11.8. The summed E-state index contributed by atoms with van der Waals surface area (Å²) < 4.78 is 72.9. The molecule has 5 rings (SSSR count). The van der Waals surface area contributed by atoms with Crippen molar-refractivity contribution in [2.75, 3.05) is 53.3 Å². The van der Waals surface area contributed by atoms with Crippen molar-refractivity contribution in [3.8, 4) is 5.75 Å². The van der Waals surface area contributed by atoms with Gasteiger partial charge < -0.3 is 25.6 Å². The van der Waals surface area contributed by atoms with Crippen molar-refractivity contribution in [2.45, 2.75) is 38.5 Å². The van der Waals surface area contributed by atoms with Crippen LogP contribution >= 0.6 is 0 Å². The van der Waals surface area contributed by atoms with Crippen molar-refractivity contribution in [1.29, 1.82) is 0 Å². The Labute approximate surface area is 283 Å². The second-order valence-corrected chi connectivity index (χ2v) is 13.8. The van der Waals surface area contributed by atoms with Crippen LogP contribution < -0.4 is 29.9 Å². The monoisotopic (exact) mass is 697 g/mol. The van der Waals surface area contributed by atoms with E-state index in [1.807, 2.05) is 18.2 Å². The number of rotatable bonds is 11. The van der Waals surface area contributed by atoms with Gasteiger partial charge in [-0.2, -0.15) is 18.2 Å². The normalized spacial score (nSPS) is 13.9. The van der Waals surface area contributed by atoms with Crippen LogP contribution in [0.5, 0.6) is 5.75 Å². The Morgan fingerprint density at radius 2 is 1.78 bits per heavy atom. The molecule has 0 bridgehead atoms. The van der Waals surface area contributed by atoms with E-state index in [-0.39, 0.29) is 30.2 Å². The molecule has 3 N–H and O–H groups in total. The first-order chi connectivity index (χ1) is 23.2. The number of aryl methyl sites for hydroxylation is 1. The maximum atomic E-state index is 14.0. The van der Waals surface area contributed by atoms with Crippen LogP contribution in [0, 0.1) is 6.92 Å². The average molecular weight is 698 g/mol. The van der Waals surface area contributed by atoms with Crippen LogP contribution in [0.25, 0.3) is 0 Å². The quantitative estimate of drug-likeness (QED) is 0.174. The van der Waals surface area contributed by atoms with E-state index in [2.05, 4.69) is 43.0 Å². The Hall–Kier alpha value is -5.05. The second kappa shape index (κ2) is 14.6. The highest BCUT2D eigenvalue weighted by molar-refractivity contribution is 7.92. The molecule has 0 radical (unpaired) electrons. The van der Waals surface area contributed by atoms with E-state index in [9.17, 15) is 26.4 Å². The number of hydrogen-bond donors (Lipinski definition) is 3. The third kappa shape index (κ3) is 8.71. The van der Waals surface area contributed by atoms with Crippen molar-refractivity contribution in [1.82, 2.24) is 15.3 Å². The number of carbonyl (C=O) groups excluding carboxylic acids is 1. The van der Waals surface area contributed by atoms with E-state index >= 15 is 0 Å². The van der Waals surface area contributed by atoms with Crippen LogP contribution in [-0.4, -0.2) is 63.8 Å². The highest BCUT2D eigenvalue weighted by atomic mass is 32.2. The van der Waals surface area contributed by atoms with Gasteiger partial charge in [0.25, 0.3) is 5.91 Å². The molecule has 1 aliphatic heterocycles. The zero-order chi connectivity index (χ0) is 35.3. The molecule has 49 heavy (non-hydrogen) atoms. The number of anilines is 5. The van der Waals surface area contributed by atoms with E-state index in [0.29, 0.717) is 28.7 Å². The molecule has 1 saturated heterocycles. The van der Waals surface area contributed by atoms with Crippen molar-refractivity contribution < 1.29 is 31.1 Å². The van der Waals surface area contributed by atoms with Gasteiger partial charge in [-0.3, -0.25) is 9.10 Å². The number of hydrogen-bond acceptors (Lipinski definition) is 9. The number of sulfonamides is 1. The van der Waals surface area contributed by atoms with E-state index < -0.39 is 27.6 Å². The fourth-order valence-corrected chi connectivity index (χ4v) is 6.03. The van der Waals surface area contributed by atoms with Crippen molar-refractivity contribution >= 4 is 44.8 Å². The standard InChI is InChI=1S/C34H38F3N7O4S/c1-22-10-11-24(29(18-22)43(2)49(4,46)47)20-38-31-27(34(35,36)37)21-39-33(42-31)41-28-13-12-23(19-30(28)48-3)32(45)40-25-14-16-44(17-15-25)26-8-6-5-7-9-26/h5-13,18-19,21,25H,14-17,20H2,1-4H3,(H,40,45)(H2,38,39,41,42). The smallest absolute Gasteiger partial charge is 0.421 e. The first-order valence-corrected chi connectivity index (χ1v) is 17.3. The SMILES string of the molecule is COc1cc(C(=O)NC2CCN(c3ccccc3)CC2)ccc1Nc1ncc(C(F)(F)F)c(NCc2ccc(C)cc2N(C)S(C)(=O)=O)n1. The number of benzene rings is 3. The summed E-state index contributed by atoms with van der Waals surface area (Å²) in [6.45, 7) is 3.25. The lowest BCUT2D eigenvalue weighted by molar-refractivity contribution is -0.137. The summed E-state index contributed by atoms with van der Waals surface area (Å²) in [6.07, 6.45) is -1.49. The maximum Gasteiger partial charge on any atom is 0.421 e. The average Bonchev–Trinajstić information content (AvgIpc) is 3.07. The Bertz CT molecular complexity index is 1900. The minimum atomic E-state index is -4.77. The molecule has 1 amide bonds. The number of nitrogens with zero attached hydrogens (tertiary/aromatic N) is 4. The fraction of sp³-hybridized carbons (Fsp3) is 0.324. The molecular formula is C34H38F3N7O4S. The molecule has 0 aliphatic carbocycles. The van der Waals surface area contributed by atoms with E-state index in [1.165, 1.54) is 20.2 Å². The molecule has 15 heteroatoms. The summed E-state index contributed by atoms with van der Waals surface area (Å²) in [6, 6.07) is 19.8. The maximum absolute atomic E-state index is 14.0. The van der Waals surface area contributed by atoms with Crippen molar-refractivity contribution in [3.05, 3.63) is 95.2 Å². The van der Waals surface area contributed by atoms with Crippen LogP contribution in [-0.2, 0) is 22.7 Å². The van der Waals surface area contributed by atoms with Gasteiger partial charge in [-0.05, 0) is 67.3 Å². The third-order valence-electron chi connectivity index (χ3n) is 8.28. The van der Waals surface area contributed by atoms with Gasteiger partial charge in [0.1, 0.15) is 17.1 Å². The Morgan fingerprint density at radius 1 is 1.06 bits per heavy atom. The van der Waals surface area contributed by atoms with Crippen LogP contribution in [0.15, 0.2) is 72.9 Å². The number of nitrogens with one attached hydrogen (secondary N) is 3. The number of amides is 1. The number of methoxy groups -OCH3 is 1. The van der Waals surface area contributed by atoms with Gasteiger partial charge in [0.05, 0.1) is 24.7 Å². The van der Waals surface area contributed by atoms with Crippen molar-refractivity contribution in [3.63, 3.8) is 0 Å². The summed E-state index contributed by atoms with van der Waals surface area (Å²) in [4.78, 5) is 23.4. The van der Waals surface area contributed by atoms with Gasteiger partial charge in [0.2, 0.25) is 16.0 Å². The zero-order valence-corrected chi connectivity index (χ0v) is 28.3. The Kier molecular flexibility index (Phi) is 10.5. The van der Waals surface area contributed by atoms with E-state index in [4.69, 9.17) is 4.74 Å². The number of aromatic nitrogens is 2. The fourth-order valence-electron chi connectivity index (χ4n) is 5.50.